The van der Waals surface area contributed by atoms with E-state index < -0.39 is 0 Å². The summed E-state index contributed by atoms with van der Waals surface area (Å²) >= 11 is 0. The summed E-state index contributed by atoms with van der Waals surface area (Å²) in [5.74, 6) is 0. The molecule has 266 valence electrons. The second-order valence-electron chi connectivity index (χ2n) is 16.7. The summed E-state index contributed by atoms with van der Waals surface area (Å²) in [5, 5.41) is 0. The van der Waals surface area contributed by atoms with Crippen LogP contribution in [0.4, 0.5) is 0 Å². The quantitative estimate of drug-likeness (QED) is 0.0486. The number of unbranched alkanes of at least 4 members (excludes halogenated alkanes) is 21. The van der Waals surface area contributed by atoms with Crippen molar-refractivity contribution in [3.05, 3.63) is 0 Å². The van der Waals surface area contributed by atoms with Gasteiger partial charge in [0.2, 0.25) is 0 Å². The minimum atomic E-state index is 1.22. The Labute approximate surface area is 281 Å². The van der Waals surface area contributed by atoms with Crippen molar-refractivity contribution in [1.82, 2.24) is 0 Å². The molecule has 0 spiro atoms. The van der Waals surface area contributed by atoms with Crippen LogP contribution >= 0.6 is 0 Å². The van der Waals surface area contributed by atoms with E-state index in [1.54, 1.807) is 0 Å². The summed E-state index contributed by atoms with van der Waals surface area (Å²) in [5.41, 5.74) is 0. The molecule has 0 radical (unpaired) electrons. The standard InChI is InChI=1S/C41H90N3/c1-9-12-15-18-21-24-27-30-35-42(4,5)37-33-40-44(8,39-32-29-26-23-20-17-14-11-3)41-34-38-43(6,7)36-31-28-25-22-19-16-13-10-2/h9-41H2,1-8H3/q+3. The Morgan fingerprint density at radius 3 is 0.727 bits per heavy atom. The van der Waals surface area contributed by atoms with Gasteiger partial charge in [0, 0.05) is 12.8 Å². The van der Waals surface area contributed by atoms with Gasteiger partial charge in [0.1, 0.15) is 0 Å². The summed E-state index contributed by atoms with van der Waals surface area (Å²) in [6.07, 6.45) is 37.1. The van der Waals surface area contributed by atoms with Gasteiger partial charge in [-0.3, -0.25) is 0 Å². The fourth-order valence-corrected chi connectivity index (χ4v) is 7.29. The average molecular weight is 625 g/mol. The molecule has 0 unspecified atom stereocenters. The van der Waals surface area contributed by atoms with Gasteiger partial charge in [-0.15, -0.1) is 0 Å². The summed E-state index contributed by atoms with van der Waals surface area (Å²) in [4.78, 5) is 0. The molecule has 0 bridgehead atoms. The van der Waals surface area contributed by atoms with Crippen LogP contribution in [0.1, 0.15) is 188 Å². The van der Waals surface area contributed by atoms with E-state index in [1.165, 1.54) is 226 Å². The van der Waals surface area contributed by atoms with Gasteiger partial charge < -0.3 is 13.4 Å². The molecule has 0 amide bonds. The zero-order valence-corrected chi connectivity index (χ0v) is 32.7. The van der Waals surface area contributed by atoms with Crippen LogP contribution in [-0.2, 0) is 0 Å². The largest absolute Gasteiger partial charge is 0.328 e. The van der Waals surface area contributed by atoms with E-state index in [4.69, 9.17) is 0 Å². The third-order valence-electron chi connectivity index (χ3n) is 10.7. The molecule has 0 saturated carbocycles. The fourth-order valence-electron chi connectivity index (χ4n) is 7.29. The van der Waals surface area contributed by atoms with Gasteiger partial charge >= 0.3 is 0 Å². The van der Waals surface area contributed by atoms with Crippen LogP contribution < -0.4 is 0 Å². The van der Waals surface area contributed by atoms with Gasteiger partial charge in [0.25, 0.3) is 0 Å². The van der Waals surface area contributed by atoms with Crippen molar-refractivity contribution < 1.29 is 13.4 Å². The Morgan fingerprint density at radius 1 is 0.227 bits per heavy atom. The Hall–Kier alpha value is -0.120. The first kappa shape index (κ1) is 43.9. The van der Waals surface area contributed by atoms with E-state index >= 15 is 0 Å². The van der Waals surface area contributed by atoms with Crippen LogP contribution in [0.15, 0.2) is 0 Å². The second kappa shape index (κ2) is 29.1. The molecule has 44 heavy (non-hydrogen) atoms. The topological polar surface area (TPSA) is 0 Å². The van der Waals surface area contributed by atoms with Crippen LogP contribution in [0.5, 0.6) is 0 Å². The lowest BCUT2D eigenvalue weighted by Gasteiger charge is -2.38. The SMILES string of the molecule is CCCCCCCCCC[N+](C)(C)CCC[N+](C)(CCCCCCCCCC)CCC[N+](C)(C)CCCCCCCCCC. The Bertz CT molecular complexity index is 546. The minimum Gasteiger partial charge on any atom is -0.328 e. The van der Waals surface area contributed by atoms with Gasteiger partial charge in [0.05, 0.1) is 81.1 Å². The summed E-state index contributed by atoms with van der Waals surface area (Å²) < 4.78 is 3.75. The van der Waals surface area contributed by atoms with Crippen LogP contribution in [0.3, 0.4) is 0 Å². The molecule has 0 aliphatic carbocycles. The fraction of sp³-hybridized carbons (Fsp3) is 1.00. The Kier molecular flexibility index (Phi) is 29.0. The number of quaternary nitrogens is 3. The molecule has 0 aromatic heterocycles. The van der Waals surface area contributed by atoms with E-state index in [0.29, 0.717) is 0 Å². The number of rotatable bonds is 35. The first-order valence-corrected chi connectivity index (χ1v) is 20.6. The van der Waals surface area contributed by atoms with Gasteiger partial charge in [0.15, 0.2) is 0 Å². The van der Waals surface area contributed by atoms with E-state index in [1.807, 2.05) is 0 Å². The lowest BCUT2D eigenvalue weighted by molar-refractivity contribution is -0.928. The Morgan fingerprint density at radius 2 is 0.432 bits per heavy atom. The third-order valence-corrected chi connectivity index (χ3v) is 10.7. The summed E-state index contributed by atoms with van der Waals surface area (Å²) in [6, 6.07) is 0. The third kappa shape index (κ3) is 29.3. The normalized spacial score (nSPS) is 12.8. The van der Waals surface area contributed by atoms with Crippen LogP contribution in [-0.4, -0.2) is 94.5 Å². The predicted octanol–water partition coefficient (Wildman–Crippen LogP) is 11.8. The number of hydrogen-bond donors (Lipinski definition) is 0. The van der Waals surface area contributed by atoms with E-state index in [-0.39, 0.29) is 0 Å². The highest BCUT2D eigenvalue weighted by molar-refractivity contribution is 4.52. The summed E-state index contributed by atoms with van der Waals surface area (Å²) in [6.45, 7) is 16.5. The van der Waals surface area contributed by atoms with Crippen molar-refractivity contribution in [3.63, 3.8) is 0 Å². The molecule has 0 aromatic carbocycles. The highest BCUT2D eigenvalue weighted by Crippen LogP contribution is 2.17. The zero-order chi connectivity index (χ0) is 32.8. The molecule has 0 aromatic rings. The summed E-state index contributed by atoms with van der Waals surface area (Å²) in [7, 11) is 12.6. The monoisotopic (exact) mass is 625 g/mol. The van der Waals surface area contributed by atoms with Crippen molar-refractivity contribution in [2.24, 2.45) is 0 Å². The maximum Gasteiger partial charge on any atom is 0.0839 e. The van der Waals surface area contributed by atoms with Gasteiger partial charge in [-0.2, -0.15) is 0 Å². The highest BCUT2D eigenvalue weighted by atomic mass is 15.4. The zero-order valence-electron chi connectivity index (χ0n) is 32.7. The molecule has 0 aliphatic rings. The molecule has 0 fully saturated rings. The lowest BCUT2D eigenvalue weighted by atomic mass is 10.1. The van der Waals surface area contributed by atoms with Crippen molar-refractivity contribution in [2.45, 2.75) is 188 Å². The van der Waals surface area contributed by atoms with E-state index in [2.05, 4.69) is 56.0 Å². The van der Waals surface area contributed by atoms with Crippen LogP contribution in [0.25, 0.3) is 0 Å². The molecule has 0 saturated heterocycles. The first-order valence-electron chi connectivity index (χ1n) is 20.6. The van der Waals surface area contributed by atoms with Crippen LogP contribution in [0, 0.1) is 0 Å². The molecule has 0 atom stereocenters. The molecule has 0 rings (SSSR count). The van der Waals surface area contributed by atoms with Crippen molar-refractivity contribution in [3.8, 4) is 0 Å². The first-order chi connectivity index (χ1) is 21.1. The maximum atomic E-state index is 2.61. The predicted molar refractivity (Wildman–Crippen MR) is 202 cm³/mol. The minimum absolute atomic E-state index is 1.22. The number of nitrogens with zero attached hydrogens (tertiary/aromatic N) is 3. The molecule has 0 heterocycles. The van der Waals surface area contributed by atoms with E-state index in [0.717, 1.165) is 0 Å². The van der Waals surface area contributed by atoms with Crippen LogP contribution in [0.2, 0.25) is 0 Å². The number of hydrogen-bond acceptors (Lipinski definition) is 0. The molecule has 0 N–H and O–H groups in total. The molecule has 3 nitrogen and oxygen atoms in total. The van der Waals surface area contributed by atoms with E-state index in [9.17, 15) is 0 Å². The second-order valence-corrected chi connectivity index (χ2v) is 16.7. The van der Waals surface area contributed by atoms with Gasteiger partial charge in [-0.1, -0.05) is 136 Å². The van der Waals surface area contributed by atoms with Crippen molar-refractivity contribution in [2.75, 3.05) is 81.1 Å². The van der Waals surface area contributed by atoms with Gasteiger partial charge in [-0.25, -0.2) is 0 Å². The molecule has 0 aliphatic heterocycles. The molecular formula is C41H90N3+3. The highest BCUT2D eigenvalue weighted by Gasteiger charge is 2.25. The lowest BCUT2D eigenvalue weighted by Crippen LogP contribution is -2.50. The van der Waals surface area contributed by atoms with Crippen molar-refractivity contribution in [1.29, 1.82) is 0 Å². The van der Waals surface area contributed by atoms with Gasteiger partial charge in [-0.05, 0) is 38.5 Å². The molecular weight excluding hydrogens is 534 g/mol. The molecule has 3 heteroatoms. The smallest absolute Gasteiger partial charge is 0.0839 e. The van der Waals surface area contributed by atoms with Crippen molar-refractivity contribution >= 4 is 0 Å². The Balaban J connectivity index is 4.56. The maximum absolute atomic E-state index is 2.61. The average Bonchev–Trinajstić information content (AvgIpc) is 2.97.